The molecule has 1 aromatic heterocycles. The van der Waals surface area contributed by atoms with Crippen LogP contribution in [0.5, 0.6) is 11.5 Å². The van der Waals surface area contributed by atoms with Crippen molar-refractivity contribution in [1.82, 2.24) is 15.3 Å². The lowest BCUT2D eigenvalue weighted by Gasteiger charge is -2.23. The van der Waals surface area contributed by atoms with Gasteiger partial charge in [-0.05, 0) is 18.9 Å². The molecule has 0 saturated carbocycles. The molecule has 136 valence electrons. The van der Waals surface area contributed by atoms with Crippen molar-refractivity contribution in [3.05, 3.63) is 23.6 Å². The zero-order valence-corrected chi connectivity index (χ0v) is 15.4. The molecular formula is C16H20ClN3O4S. The number of aromatic nitrogens is 2. The highest BCUT2D eigenvalue weighted by Crippen LogP contribution is 2.33. The van der Waals surface area contributed by atoms with E-state index in [2.05, 4.69) is 15.3 Å². The maximum atomic E-state index is 12.0. The van der Waals surface area contributed by atoms with Gasteiger partial charge in [0.25, 0.3) is 0 Å². The Morgan fingerprint density at radius 3 is 2.92 bits per heavy atom. The fourth-order valence-electron chi connectivity index (χ4n) is 2.85. The lowest BCUT2D eigenvalue weighted by molar-refractivity contribution is 0.285. The van der Waals surface area contributed by atoms with Crippen LogP contribution in [0.2, 0.25) is 5.15 Å². The third-order valence-corrected chi connectivity index (χ3v) is 6.74. The third kappa shape index (κ3) is 4.13. The van der Waals surface area contributed by atoms with Crippen LogP contribution in [0.15, 0.2) is 18.5 Å². The number of ether oxygens (including phenoxy) is 2. The highest BCUT2D eigenvalue weighted by Gasteiger charge is 2.27. The number of rotatable bonds is 6. The molecule has 1 N–H and O–H groups in total. The molecule has 1 aliphatic heterocycles. The van der Waals surface area contributed by atoms with E-state index in [-0.39, 0.29) is 11.0 Å². The minimum atomic E-state index is -2.99. The molecule has 0 bridgehead atoms. The van der Waals surface area contributed by atoms with Crippen molar-refractivity contribution in [3.63, 3.8) is 0 Å². The van der Waals surface area contributed by atoms with Crippen molar-refractivity contribution in [1.29, 1.82) is 0 Å². The Morgan fingerprint density at radius 1 is 1.32 bits per heavy atom. The maximum Gasteiger partial charge on any atom is 0.163 e. The van der Waals surface area contributed by atoms with E-state index >= 15 is 0 Å². The Labute approximate surface area is 151 Å². The summed E-state index contributed by atoms with van der Waals surface area (Å²) in [4.78, 5) is 8.13. The number of benzene rings is 1. The molecular weight excluding hydrogens is 366 g/mol. The minimum Gasteiger partial charge on any atom is -0.493 e. The van der Waals surface area contributed by atoms with Gasteiger partial charge in [0.05, 0.1) is 30.2 Å². The molecule has 1 atom stereocenters. The van der Waals surface area contributed by atoms with E-state index in [4.69, 9.17) is 21.1 Å². The van der Waals surface area contributed by atoms with Gasteiger partial charge in [-0.2, -0.15) is 0 Å². The maximum absolute atomic E-state index is 12.0. The Balaban J connectivity index is 1.65. The molecule has 1 unspecified atom stereocenters. The fourth-order valence-corrected chi connectivity index (χ4v) is 4.71. The molecule has 0 aliphatic carbocycles. The van der Waals surface area contributed by atoms with Crippen LogP contribution in [0.1, 0.15) is 12.8 Å². The van der Waals surface area contributed by atoms with E-state index in [0.717, 1.165) is 0 Å². The smallest absolute Gasteiger partial charge is 0.163 e. The summed E-state index contributed by atoms with van der Waals surface area (Å²) in [6, 6.07) is 3.49. The van der Waals surface area contributed by atoms with Gasteiger partial charge in [0.1, 0.15) is 11.5 Å². The van der Waals surface area contributed by atoms with Crippen LogP contribution >= 0.6 is 11.6 Å². The van der Waals surface area contributed by atoms with Crippen LogP contribution in [0.25, 0.3) is 10.9 Å². The Hall–Kier alpha value is -1.64. The SMILES string of the molecule is COc1cc2c(Cl)ncnc2cc1OCCCC1CNCCS1(=O)=O. The summed E-state index contributed by atoms with van der Waals surface area (Å²) in [6.07, 6.45) is 2.60. The van der Waals surface area contributed by atoms with Crippen molar-refractivity contribution < 1.29 is 17.9 Å². The molecule has 1 saturated heterocycles. The zero-order chi connectivity index (χ0) is 17.9. The number of hydrogen-bond donors (Lipinski definition) is 1. The van der Waals surface area contributed by atoms with E-state index in [9.17, 15) is 8.42 Å². The average molecular weight is 386 g/mol. The van der Waals surface area contributed by atoms with Gasteiger partial charge in [0.2, 0.25) is 0 Å². The van der Waals surface area contributed by atoms with Crippen molar-refractivity contribution in [2.75, 3.05) is 32.6 Å². The van der Waals surface area contributed by atoms with Crippen molar-refractivity contribution >= 4 is 32.3 Å². The zero-order valence-electron chi connectivity index (χ0n) is 13.9. The molecule has 25 heavy (non-hydrogen) atoms. The molecule has 2 heterocycles. The molecule has 1 aliphatic rings. The highest BCUT2D eigenvalue weighted by molar-refractivity contribution is 7.92. The summed E-state index contributed by atoms with van der Waals surface area (Å²) < 4.78 is 35.1. The predicted molar refractivity (Wildman–Crippen MR) is 96.3 cm³/mol. The van der Waals surface area contributed by atoms with Gasteiger partial charge < -0.3 is 14.8 Å². The van der Waals surface area contributed by atoms with Crippen LogP contribution in [-0.2, 0) is 9.84 Å². The molecule has 0 amide bonds. The van der Waals surface area contributed by atoms with E-state index < -0.39 is 9.84 Å². The lowest BCUT2D eigenvalue weighted by atomic mass is 10.2. The summed E-state index contributed by atoms with van der Waals surface area (Å²) in [7, 11) is -1.44. The second-order valence-corrected chi connectivity index (χ2v) is 8.63. The van der Waals surface area contributed by atoms with Gasteiger partial charge in [-0.1, -0.05) is 11.6 Å². The number of methoxy groups -OCH3 is 1. The largest absolute Gasteiger partial charge is 0.493 e. The van der Waals surface area contributed by atoms with E-state index in [1.54, 1.807) is 19.2 Å². The normalized spacial score (nSPS) is 19.7. The van der Waals surface area contributed by atoms with E-state index in [0.29, 0.717) is 60.1 Å². The number of hydrogen-bond acceptors (Lipinski definition) is 7. The number of fused-ring (bicyclic) bond motifs is 1. The van der Waals surface area contributed by atoms with Crippen LogP contribution in [0.3, 0.4) is 0 Å². The van der Waals surface area contributed by atoms with Crippen LogP contribution in [0.4, 0.5) is 0 Å². The number of nitrogens with one attached hydrogen (secondary N) is 1. The monoisotopic (exact) mass is 385 g/mol. The minimum absolute atomic E-state index is 0.206. The Bertz CT molecular complexity index is 860. The fraction of sp³-hybridized carbons (Fsp3) is 0.500. The van der Waals surface area contributed by atoms with Gasteiger partial charge in [-0.15, -0.1) is 0 Å². The van der Waals surface area contributed by atoms with Crippen molar-refractivity contribution in [2.45, 2.75) is 18.1 Å². The number of sulfone groups is 1. The molecule has 0 spiro atoms. The highest BCUT2D eigenvalue weighted by atomic mass is 35.5. The Morgan fingerprint density at radius 2 is 2.16 bits per heavy atom. The topological polar surface area (TPSA) is 90.4 Å². The quantitative estimate of drug-likeness (QED) is 0.599. The first-order chi connectivity index (χ1) is 12.0. The molecule has 9 heteroatoms. The molecule has 2 aromatic rings. The van der Waals surface area contributed by atoms with Crippen LogP contribution in [-0.4, -0.2) is 56.2 Å². The summed E-state index contributed by atoms with van der Waals surface area (Å²) >= 11 is 6.07. The second-order valence-electron chi connectivity index (χ2n) is 5.87. The summed E-state index contributed by atoms with van der Waals surface area (Å²) in [5, 5.41) is 3.83. The standard InChI is InChI=1S/C16H20ClN3O4S/c1-23-14-7-12-13(19-10-20-16(12)17)8-15(14)24-5-2-3-11-9-18-4-6-25(11,21)22/h7-8,10-11,18H,2-6,9H2,1H3. The van der Waals surface area contributed by atoms with Gasteiger partial charge in [0, 0.05) is 24.5 Å². The molecule has 0 radical (unpaired) electrons. The number of nitrogens with zero attached hydrogens (tertiary/aromatic N) is 2. The average Bonchev–Trinajstić information content (AvgIpc) is 2.59. The first kappa shape index (κ1) is 18.2. The number of halogens is 1. The lowest BCUT2D eigenvalue weighted by Crippen LogP contribution is -2.43. The van der Waals surface area contributed by atoms with Gasteiger partial charge in [-0.25, -0.2) is 18.4 Å². The summed E-state index contributed by atoms with van der Waals surface area (Å²) in [6.45, 7) is 1.44. The van der Waals surface area contributed by atoms with E-state index in [1.807, 2.05) is 0 Å². The van der Waals surface area contributed by atoms with Crippen LogP contribution < -0.4 is 14.8 Å². The first-order valence-electron chi connectivity index (χ1n) is 8.04. The van der Waals surface area contributed by atoms with Crippen molar-refractivity contribution in [3.8, 4) is 11.5 Å². The van der Waals surface area contributed by atoms with Gasteiger partial charge in [-0.3, -0.25) is 0 Å². The summed E-state index contributed by atoms with van der Waals surface area (Å²) in [5.41, 5.74) is 0.662. The molecule has 1 fully saturated rings. The van der Waals surface area contributed by atoms with Crippen molar-refractivity contribution in [2.24, 2.45) is 0 Å². The second kappa shape index (κ2) is 7.72. The summed E-state index contributed by atoms with van der Waals surface area (Å²) in [5.74, 6) is 1.29. The Kier molecular flexibility index (Phi) is 5.61. The molecule has 1 aromatic carbocycles. The van der Waals surface area contributed by atoms with E-state index in [1.165, 1.54) is 6.33 Å². The van der Waals surface area contributed by atoms with Crippen LogP contribution in [0, 0.1) is 0 Å². The molecule has 3 rings (SSSR count). The first-order valence-corrected chi connectivity index (χ1v) is 10.1. The van der Waals surface area contributed by atoms with Gasteiger partial charge in [0.15, 0.2) is 21.3 Å². The predicted octanol–water partition coefficient (Wildman–Crippen LogP) is 1.84. The molecule has 7 nitrogen and oxygen atoms in total. The third-order valence-electron chi connectivity index (χ3n) is 4.24. The van der Waals surface area contributed by atoms with Gasteiger partial charge >= 0.3 is 0 Å².